The summed E-state index contributed by atoms with van der Waals surface area (Å²) in [6.07, 6.45) is 6.03. The third kappa shape index (κ3) is 5.32. The first-order valence-corrected chi connectivity index (χ1v) is 14.0. The van der Waals surface area contributed by atoms with Gasteiger partial charge in [0.15, 0.2) is 5.43 Å². The van der Waals surface area contributed by atoms with E-state index in [4.69, 9.17) is 16.3 Å². The van der Waals surface area contributed by atoms with Gasteiger partial charge in [-0.2, -0.15) is 0 Å². The number of rotatable bonds is 6. The van der Waals surface area contributed by atoms with Crippen LogP contribution in [0.15, 0.2) is 89.1 Å². The van der Waals surface area contributed by atoms with E-state index in [1.807, 2.05) is 76.2 Å². The van der Waals surface area contributed by atoms with Crippen LogP contribution in [-0.2, 0) is 0 Å². The Morgan fingerprint density at radius 3 is 2.44 bits per heavy atom. The number of benzene rings is 2. The predicted molar refractivity (Wildman–Crippen MR) is 168 cm³/mol. The first-order valence-electron chi connectivity index (χ1n) is 13.7. The third-order valence-electron chi connectivity index (χ3n) is 6.82. The number of nitrogens with zero attached hydrogens (tertiary/aromatic N) is 5. The summed E-state index contributed by atoms with van der Waals surface area (Å²) in [6, 6.07) is 15.6. The standard InChI is InChI=1S/C32H28ClN7O3/c1-18(39-30-26-23(41)13-14-34-29(26)37-17-38-30)28-27(33)21-12-8-11-20(22-15-36-24(16-35-22)43-32(2,3)4)25(21)31(42)40(28)19-9-6-5-7-10-19/h5-18H,1-4H3,(H2,34,37,38,39,41)/t18-/m0/s1. The molecule has 1 atom stereocenters. The van der Waals surface area contributed by atoms with Gasteiger partial charge in [-0.05, 0) is 39.8 Å². The fraction of sp³-hybridized carbons (Fsp3) is 0.188. The van der Waals surface area contributed by atoms with E-state index in [-0.39, 0.29) is 11.0 Å². The Bertz CT molecular complexity index is 2080. The van der Waals surface area contributed by atoms with Crippen LogP contribution in [0, 0.1) is 0 Å². The monoisotopic (exact) mass is 593 g/mol. The maximum Gasteiger partial charge on any atom is 0.264 e. The summed E-state index contributed by atoms with van der Waals surface area (Å²) < 4.78 is 7.41. The van der Waals surface area contributed by atoms with Gasteiger partial charge in [0.2, 0.25) is 5.88 Å². The van der Waals surface area contributed by atoms with Crippen LogP contribution in [0.5, 0.6) is 5.88 Å². The molecule has 6 aromatic rings. The highest BCUT2D eigenvalue weighted by Crippen LogP contribution is 2.36. The summed E-state index contributed by atoms with van der Waals surface area (Å²) in [5.74, 6) is 0.707. The van der Waals surface area contributed by atoms with Crippen LogP contribution < -0.4 is 21.0 Å². The number of nitrogens with one attached hydrogen (secondary N) is 2. The van der Waals surface area contributed by atoms with E-state index < -0.39 is 11.6 Å². The summed E-state index contributed by atoms with van der Waals surface area (Å²) in [5, 5.41) is 4.94. The molecule has 11 heteroatoms. The molecule has 2 aromatic carbocycles. The molecule has 0 aliphatic heterocycles. The van der Waals surface area contributed by atoms with Crippen LogP contribution >= 0.6 is 11.6 Å². The molecule has 216 valence electrons. The number of pyridine rings is 2. The lowest BCUT2D eigenvalue weighted by Crippen LogP contribution is -2.27. The number of para-hydroxylation sites is 1. The van der Waals surface area contributed by atoms with E-state index in [1.165, 1.54) is 18.6 Å². The molecule has 4 heterocycles. The van der Waals surface area contributed by atoms with Gasteiger partial charge in [-0.25, -0.2) is 19.9 Å². The number of hydrogen-bond acceptors (Lipinski definition) is 8. The van der Waals surface area contributed by atoms with Gasteiger partial charge in [0.1, 0.15) is 28.8 Å². The number of ether oxygens (including phenoxy) is 1. The van der Waals surface area contributed by atoms with Crippen molar-refractivity contribution in [2.24, 2.45) is 0 Å². The number of aromatic nitrogens is 6. The number of aromatic amines is 1. The number of fused-ring (bicyclic) bond motifs is 2. The molecular formula is C32H28ClN7O3. The second-order valence-corrected chi connectivity index (χ2v) is 11.4. The Morgan fingerprint density at radius 1 is 0.930 bits per heavy atom. The van der Waals surface area contributed by atoms with Crippen molar-refractivity contribution in [3.8, 4) is 22.8 Å². The second-order valence-electron chi connectivity index (χ2n) is 11.0. The van der Waals surface area contributed by atoms with Crippen LogP contribution in [0.1, 0.15) is 39.4 Å². The quantitative estimate of drug-likeness (QED) is 0.238. The van der Waals surface area contributed by atoms with E-state index >= 15 is 0 Å². The van der Waals surface area contributed by atoms with Gasteiger partial charge in [0, 0.05) is 28.9 Å². The summed E-state index contributed by atoms with van der Waals surface area (Å²) in [5.41, 5.74) is 1.66. The first kappa shape index (κ1) is 28.0. The first-order chi connectivity index (χ1) is 20.6. The molecule has 0 aliphatic carbocycles. The molecule has 0 unspecified atom stereocenters. The molecule has 0 saturated carbocycles. The Hall–Kier alpha value is -5.09. The fourth-order valence-corrected chi connectivity index (χ4v) is 5.47. The molecule has 10 nitrogen and oxygen atoms in total. The molecule has 0 amide bonds. The molecule has 4 aromatic heterocycles. The van der Waals surface area contributed by atoms with Crippen molar-refractivity contribution in [3.63, 3.8) is 0 Å². The predicted octanol–water partition coefficient (Wildman–Crippen LogP) is 6.08. The zero-order chi connectivity index (χ0) is 30.3. The Labute approximate surface area is 251 Å². The van der Waals surface area contributed by atoms with Crippen molar-refractivity contribution in [2.75, 3.05) is 5.32 Å². The van der Waals surface area contributed by atoms with Crippen molar-refractivity contribution < 1.29 is 4.74 Å². The Morgan fingerprint density at radius 2 is 1.72 bits per heavy atom. The molecule has 6 rings (SSSR count). The fourth-order valence-electron chi connectivity index (χ4n) is 5.07. The minimum Gasteiger partial charge on any atom is -0.471 e. The van der Waals surface area contributed by atoms with Gasteiger partial charge in [0.25, 0.3) is 5.56 Å². The average molecular weight is 594 g/mol. The minimum absolute atomic E-state index is 0.237. The van der Waals surface area contributed by atoms with Gasteiger partial charge in [-0.3, -0.25) is 14.2 Å². The zero-order valence-electron chi connectivity index (χ0n) is 23.9. The largest absolute Gasteiger partial charge is 0.471 e. The summed E-state index contributed by atoms with van der Waals surface area (Å²) in [7, 11) is 0. The van der Waals surface area contributed by atoms with Crippen LogP contribution in [0.25, 0.3) is 38.8 Å². The molecule has 43 heavy (non-hydrogen) atoms. The molecule has 0 aliphatic rings. The van der Waals surface area contributed by atoms with Crippen molar-refractivity contribution in [1.29, 1.82) is 0 Å². The summed E-state index contributed by atoms with van der Waals surface area (Å²) in [4.78, 5) is 47.7. The maximum absolute atomic E-state index is 14.5. The van der Waals surface area contributed by atoms with Crippen LogP contribution in [0.3, 0.4) is 0 Å². The van der Waals surface area contributed by atoms with Gasteiger partial charge < -0.3 is 15.0 Å². The zero-order valence-corrected chi connectivity index (χ0v) is 24.7. The van der Waals surface area contributed by atoms with Gasteiger partial charge in [-0.1, -0.05) is 48.0 Å². The van der Waals surface area contributed by atoms with E-state index in [1.54, 1.807) is 17.0 Å². The number of hydrogen-bond donors (Lipinski definition) is 2. The molecule has 0 fully saturated rings. The lowest BCUT2D eigenvalue weighted by Gasteiger charge is -2.24. The van der Waals surface area contributed by atoms with E-state index in [0.29, 0.717) is 61.2 Å². The van der Waals surface area contributed by atoms with Gasteiger partial charge in [0.05, 0.1) is 40.2 Å². The summed E-state index contributed by atoms with van der Waals surface area (Å²) >= 11 is 7.18. The number of anilines is 1. The van der Waals surface area contributed by atoms with Crippen molar-refractivity contribution in [1.82, 2.24) is 29.5 Å². The maximum atomic E-state index is 14.5. The van der Waals surface area contributed by atoms with Crippen LogP contribution in [0.2, 0.25) is 5.02 Å². The molecular weight excluding hydrogens is 566 g/mol. The van der Waals surface area contributed by atoms with Gasteiger partial charge in [-0.15, -0.1) is 0 Å². The highest BCUT2D eigenvalue weighted by Gasteiger charge is 2.25. The van der Waals surface area contributed by atoms with Crippen molar-refractivity contribution in [3.05, 3.63) is 111 Å². The SMILES string of the molecule is C[C@H](Nc1ncnc2[nH]ccc(=O)c12)c1c(Cl)c2cccc(-c3cnc(OC(C)(C)C)cn3)c2c(=O)n1-c1ccccc1. The topological polar surface area (TPSA) is 128 Å². The smallest absolute Gasteiger partial charge is 0.264 e. The number of halogens is 1. The molecule has 0 spiro atoms. The molecule has 0 radical (unpaired) electrons. The molecule has 2 N–H and O–H groups in total. The second kappa shape index (κ2) is 11.0. The van der Waals surface area contributed by atoms with E-state index in [2.05, 4.69) is 30.2 Å². The summed E-state index contributed by atoms with van der Waals surface area (Å²) in [6.45, 7) is 7.65. The lowest BCUT2D eigenvalue weighted by atomic mass is 10.0. The van der Waals surface area contributed by atoms with Gasteiger partial charge >= 0.3 is 0 Å². The molecule has 0 bridgehead atoms. The molecule has 0 saturated heterocycles. The average Bonchev–Trinajstić information content (AvgIpc) is 2.98. The Kier molecular flexibility index (Phi) is 7.15. The van der Waals surface area contributed by atoms with E-state index in [0.717, 1.165) is 0 Å². The van der Waals surface area contributed by atoms with Crippen molar-refractivity contribution >= 4 is 39.2 Å². The highest BCUT2D eigenvalue weighted by atomic mass is 35.5. The van der Waals surface area contributed by atoms with Crippen molar-refractivity contribution in [2.45, 2.75) is 39.3 Å². The third-order valence-corrected chi connectivity index (χ3v) is 7.22. The highest BCUT2D eigenvalue weighted by molar-refractivity contribution is 6.36. The minimum atomic E-state index is -0.556. The lowest BCUT2D eigenvalue weighted by molar-refractivity contribution is 0.123. The van der Waals surface area contributed by atoms with Crippen LogP contribution in [-0.4, -0.2) is 35.1 Å². The Balaban J connectivity index is 1.55. The van der Waals surface area contributed by atoms with Crippen LogP contribution in [0.4, 0.5) is 5.82 Å². The number of H-pyrrole nitrogens is 1. The normalized spacial score (nSPS) is 12.4. The van der Waals surface area contributed by atoms with E-state index in [9.17, 15) is 9.59 Å².